The van der Waals surface area contributed by atoms with E-state index in [-0.39, 0.29) is 5.02 Å². The summed E-state index contributed by atoms with van der Waals surface area (Å²) in [6, 6.07) is 1.68. The fraction of sp³-hybridized carbons (Fsp3) is 0.125. The average molecular weight is 185 g/mol. The van der Waals surface area contributed by atoms with Gasteiger partial charge < -0.3 is 4.98 Å². The highest BCUT2D eigenvalue weighted by Gasteiger charge is 2.07. The van der Waals surface area contributed by atoms with E-state index < -0.39 is 5.82 Å². The predicted molar refractivity (Wildman–Crippen MR) is 45.8 cm³/mol. The number of fused-ring (bicyclic) bond motifs is 1. The SMILES string of the molecule is Cc1cc2c(F)c(Cl)cnc2[nH]1. The molecule has 62 valence electrons. The van der Waals surface area contributed by atoms with E-state index in [1.54, 1.807) is 6.07 Å². The molecule has 12 heavy (non-hydrogen) atoms. The molecular formula is C8H6ClFN2. The summed E-state index contributed by atoms with van der Waals surface area (Å²) in [5.74, 6) is -0.411. The largest absolute Gasteiger partial charge is 0.343 e. The number of aromatic amines is 1. The minimum Gasteiger partial charge on any atom is -0.343 e. The van der Waals surface area contributed by atoms with Crippen LogP contribution >= 0.6 is 11.6 Å². The summed E-state index contributed by atoms with van der Waals surface area (Å²) in [7, 11) is 0. The molecule has 0 saturated carbocycles. The Morgan fingerprint density at radius 3 is 3.08 bits per heavy atom. The molecule has 0 unspecified atom stereocenters. The number of nitrogens with zero attached hydrogens (tertiary/aromatic N) is 1. The number of H-pyrrole nitrogens is 1. The molecule has 0 aliphatic rings. The number of nitrogens with one attached hydrogen (secondary N) is 1. The van der Waals surface area contributed by atoms with Crippen molar-refractivity contribution in [3.8, 4) is 0 Å². The summed E-state index contributed by atoms with van der Waals surface area (Å²) in [5.41, 5.74) is 1.41. The Morgan fingerprint density at radius 1 is 1.58 bits per heavy atom. The van der Waals surface area contributed by atoms with Crippen LogP contribution in [-0.2, 0) is 0 Å². The van der Waals surface area contributed by atoms with E-state index in [1.165, 1.54) is 6.20 Å². The monoisotopic (exact) mass is 184 g/mol. The van der Waals surface area contributed by atoms with Crippen LogP contribution in [0.3, 0.4) is 0 Å². The smallest absolute Gasteiger partial charge is 0.154 e. The van der Waals surface area contributed by atoms with E-state index in [4.69, 9.17) is 11.6 Å². The van der Waals surface area contributed by atoms with Gasteiger partial charge in [0.2, 0.25) is 0 Å². The summed E-state index contributed by atoms with van der Waals surface area (Å²) in [6.07, 6.45) is 1.30. The average Bonchev–Trinajstić information content (AvgIpc) is 2.39. The molecule has 2 heterocycles. The van der Waals surface area contributed by atoms with Gasteiger partial charge in [-0.15, -0.1) is 0 Å². The van der Waals surface area contributed by atoms with Crippen molar-refractivity contribution in [1.29, 1.82) is 0 Å². The lowest BCUT2D eigenvalue weighted by Crippen LogP contribution is -1.81. The van der Waals surface area contributed by atoms with Crippen LogP contribution in [0.4, 0.5) is 4.39 Å². The van der Waals surface area contributed by atoms with Crippen molar-refractivity contribution in [1.82, 2.24) is 9.97 Å². The molecule has 2 nitrogen and oxygen atoms in total. The van der Waals surface area contributed by atoms with Crippen molar-refractivity contribution in [2.24, 2.45) is 0 Å². The second-order valence-corrected chi connectivity index (χ2v) is 3.04. The van der Waals surface area contributed by atoms with Gasteiger partial charge in [-0.2, -0.15) is 0 Å². The lowest BCUT2D eigenvalue weighted by Gasteiger charge is -1.92. The Morgan fingerprint density at radius 2 is 2.33 bits per heavy atom. The third-order valence-electron chi connectivity index (χ3n) is 1.68. The fourth-order valence-corrected chi connectivity index (χ4v) is 1.30. The Kier molecular flexibility index (Phi) is 1.54. The standard InChI is InChI=1S/C8H6ClFN2/c1-4-2-5-7(10)6(9)3-11-8(5)12-4/h2-3H,1H3,(H,11,12). The molecule has 1 N–H and O–H groups in total. The van der Waals surface area contributed by atoms with E-state index in [0.717, 1.165) is 5.69 Å². The van der Waals surface area contributed by atoms with Crippen molar-refractivity contribution in [2.45, 2.75) is 6.92 Å². The number of rotatable bonds is 0. The van der Waals surface area contributed by atoms with E-state index >= 15 is 0 Å². The Labute approximate surface area is 73.4 Å². The lowest BCUT2D eigenvalue weighted by atomic mass is 10.3. The number of aromatic nitrogens is 2. The van der Waals surface area contributed by atoms with E-state index in [2.05, 4.69) is 9.97 Å². The number of hydrogen-bond acceptors (Lipinski definition) is 1. The molecule has 0 bridgehead atoms. The molecule has 0 spiro atoms. The van der Waals surface area contributed by atoms with Crippen LogP contribution in [0.5, 0.6) is 0 Å². The molecule has 0 aliphatic carbocycles. The normalized spacial score (nSPS) is 10.9. The van der Waals surface area contributed by atoms with Crippen molar-refractivity contribution in [3.05, 3.63) is 28.8 Å². The minimum atomic E-state index is -0.411. The van der Waals surface area contributed by atoms with Gasteiger partial charge >= 0.3 is 0 Å². The first-order valence-corrected chi connectivity index (χ1v) is 3.85. The van der Waals surface area contributed by atoms with Gasteiger partial charge in [0, 0.05) is 5.69 Å². The summed E-state index contributed by atoms with van der Waals surface area (Å²) >= 11 is 5.55. The molecule has 0 amide bonds. The second-order valence-electron chi connectivity index (χ2n) is 2.63. The summed E-state index contributed by atoms with van der Waals surface area (Å²) in [6.45, 7) is 1.84. The zero-order chi connectivity index (χ0) is 8.72. The third-order valence-corrected chi connectivity index (χ3v) is 1.95. The zero-order valence-corrected chi connectivity index (χ0v) is 7.11. The molecule has 2 rings (SSSR count). The summed E-state index contributed by atoms with van der Waals surface area (Å²) in [5, 5.41) is 0.501. The first-order chi connectivity index (χ1) is 5.68. The van der Waals surface area contributed by atoms with E-state index in [0.29, 0.717) is 11.0 Å². The Hall–Kier alpha value is -1.09. The van der Waals surface area contributed by atoms with Crippen molar-refractivity contribution < 1.29 is 4.39 Å². The molecule has 0 aliphatic heterocycles. The van der Waals surface area contributed by atoms with Crippen LogP contribution in [-0.4, -0.2) is 9.97 Å². The number of pyridine rings is 1. The van der Waals surface area contributed by atoms with Crippen LogP contribution < -0.4 is 0 Å². The number of halogens is 2. The molecule has 4 heteroatoms. The molecule has 0 atom stereocenters. The fourth-order valence-electron chi connectivity index (χ4n) is 1.15. The third kappa shape index (κ3) is 0.975. The number of aryl methyl sites for hydroxylation is 1. The van der Waals surface area contributed by atoms with Crippen molar-refractivity contribution in [3.63, 3.8) is 0 Å². The van der Waals surface area contributed by atoms with E-state index in [9.17, 15) is 4.39 Å². The van der Waals surface area contributed by atoms with Gasteiger partial charge in [-0.05, 0) is 13.0 Å². The maximum atomic E-state index is 13.2. The summed E-state index contributed by atoms with van der Waals surface area (Å²) < 4.78 is 13.2. The Balaban J connectivity index is 2.89. The highest BCUT2D eigenvalue weighted by atomic mass is 35.5. The molecule has 2 aromatic heterocycles. The van der Waals surface area contributed by atoms with Crippen LogP contribution in [0.25, 0.3) is 11.0 Å². The Bertz CT molecular complexity index is 436. The predicted octanol–water partition coefficient (Wildman–Crippen LogP) is 2.66. The van der Waals surface area contributed by atoms with Gasteiger partial charge in [-0.3, -0.25) is 0 Å². The molecule has 0 aromatic carbocycles. The molecule has 0 saturated heterocycles. The van der Waals surface area contributed by atoms with Crippen LogP contribution in [0.15, 0.2) is 12.3 Å². The maximum absolute atomic E-state index is 13.2. The van der Waals surface area contributed by atoms with E-state index in [1.807, 2.05) is 6.92 Å². The molecule has 0 radical (unpaired) electrons. The van der Waals surface area contributed by atoms with Gasteiger partial charge in [0.1, 0.15) is 5.65 Å². The highest BCUT2D eigenvalue weighted by molar-refractivity contribution is 6.31. The minimum absolute atomic E-state index is 0.0569. The first-order valence-electron chi connectivity index (χ1n) is 3.48. The second kappa shape index (κ2) is 2.45. The van der Waals surface area contributed by atoms with Crippen LogP contribution in [0.2, 0.25) is 5.02 Å². The van der Waals surface area contributed by atoms with Crippen LogP contribution in [0, 0.1) is 12.7 Å². The van der Waals surface area contributed by atoms with Gasteiger partial charge in [-0.25, -0.2) is 9.37 Å². The zero-order valence-electron chi connectivity index (χ0n) is 6.36. The maximum Gasteiger partial charge on any atom is 0.154 e. The van der Waals surface area contributed by atoms with Gasteiger partial charge in [-0.1, -0.05) is 11.6 Å². The highest BCUT2D eigenvalue weighted by Crippen LogP contribution is 2.22. The summed E-state index contributed by atoms with van der Waals surface area (Å²) in [4.78, 5) is 6.85. The van der Waals surface area contributed by atoms with Gasteiger partial charge in [0.25, 0.3) is 0 Å². The van der Waals surface area contributed by atoms with Gasteiger partial charge in [0.15, 0.2) is 5.82 Å². The first kappa shape index (κ1) is 7.55. The topological polar surface area (TPSA) is 28.7 Å². The van der Waals surface area contributed by atoms with Crippen molar-refractivity contribution >= 4 is 22.6 Å². The molecule has 2 aromatic rings. The van der Waals surface area contributed by atoms with Crippen molar-refractivity contribution in [2.75, 3.05) is 0 Å². The lowest BCUT2D eigenvalue weighted by molar-refractivity contribution is 0.639. The molecular weight excluding hydrogens is 179 g/mol. The quantitative estimate of drug-likeness (QED) is 0.670. The number of hydrogen-bond donors (Lipinski definition) is 1. The molecule has 0 fully saturated rings. The van der Waals surface area contributed by atoms with Crippen LogP contribution in [0.1, 0.15) is 5.69 Å². The van der Waals surface area contributed by atoms with Gasteiger partial charge in [0.05, 0.1) is 16.6 Å².